The summed E-state index contributed by atoms with van der Waals surface area (Å²) in [7, 11) is 0. The van der Waals surface area contributed by atoms with Gasteiger partial charge in [0.1, 0.15) is 5.82 Å². The predicted molar refractivity (Wildman–Crippen MR) is 79.5 cm³/mol. The van der Waals surface area contributed by atoms with Crippen LogP contribution in [0.1, 0.15) is 24.0 Å². The van der Waals surface area contributed by atoms with E-state index in [-0.39, 0.29) is 0 Å². The molecule has 0 spiro atoms. The zero-order valence-corrected chi connectivity index (χ0v) is 12.0. The van der Waals surface area contributed by atoms with Crippen LogP contribution < -0.4 is 4.90 Å². The van der Waals surface area contributed by atoms with Crippen LogP contribution >= 0.6 is 0 Å². The van der Waals surface area contributed by atoms with E-state index in [4.69, 9.17) is 0 Å². The number of piperidine rings is 1. The zero-order valence-electron chi connectivity index (χ0n) is 12.0. The SMILES string of the molecule is FC(F)(F)c1ccc([C]2CCN(c3ccccn3)CC2)cc1. The molecule has 0 N–H and O–H groups in total. The lowest BCUT2D eigenvalue weighted by molar-refractivity contribution is -0.137. The smallest absolute Gasteiger partial charge is 0.357 e. The minimum Gasteiger partial charge on any atom is -0.357 e. The van der Waals surface area contributed by atoms with Gasteiger partial charge in [0, 0.05) is 25.2 Å². The van der Waals surface area contributed by atoms with E-state index in [1.807, 2.05) is 18.2 Å². The third-order valence-electron chi connectivity index (χ3n) is 3.96. The van der Waals surface area contributed by atoms with E-state index in [1.165, 1.54) is 5.92 Å². The van der Waals surface area contributed by atoms with Crippen molar-refractivity contribution in [3.05, 3.63) is 65.7 Å². The summed E-state index contributed by atoms with van der Waals surface area (Å²) >= 11 is 0. The molecule has 0 unspecified atom stereocenters. The van der Waals surface area contributed by atoms with Gasteiger partial charge in [0.05, 0.1) is 5.56 Å². The number of hydrogen-bond donors (Lipinski definition) is 0. The van der Waals surface area contributed by atoms with Gasteiger partial charge in [0.25, 0.3) is 0 Å². The van der Waals surface area contributed by atoms with Crippen molar-refractivity contribution >= 4 is 5.82 Å². The van der Waals surface area contributed by atoms with Crippen LogP contribution in [0.25, 0.3) is 0 Å². The summed E-state index contributed by atoms with van der Waals surface area (Å²) in [5.41, 5.74) is 0.316. The van der Waals surface area contributed by atoms with Crippen LogP contribution in [-0.4, -0.2) is 18.1 Å². The summed E-state index contributed by atoms with van der Waals surface area (Å²) in [5, 5.41) is 0. The number of nitrogens with zero attached hydrogens (tertiary/aromatic N) is 2. The summed E-state index contributed by atoms with van der Waals surface area (Å²) in [5.74, 6) is 2.16. The molecule has 1 saturated heterocycles. The first-order chi connectivity index (χ1) is 10.5. The lowest BCUT2D eigenvalue weighted by atomic mass is 9.89. The first kappa shape index (κ1) is 14.9. The van der Waals surface area contributed by atoms with E-state index in [9.17, 15) is 13.2 Å². The maximum Gasteiger partial charge on any atom is 0.416 e. The number of benzene rings is 1. The Morgan fingerprint density at radius 1 is 0.909 bits per heavy atom. The first-order valence-corrected chi connectivity index (χ1v) is 7.22. The molecule has 2 nitrogen and oxygen atoms in total. The van der Waals surface area contributed by atoms with Gasteiger partial charge < -0.3 is 4.90 Å². The average Bonchev–Trinajstić information content (AvgIpc) is 2.55. The van der Waals surface area contributed by atoms with Crippen LogP contribution in [0.2, 0.25) is 0 Å². The van der Waals surface area contributed by atoms with Crippen molar-refractivity contribution in [1.82, 2.24) is 4.98 Å². The van der Waals surface area contributed by atoms with Crippen LogP contribution in [0.15, 0.2) is 48.7 Å². The van der Waals surface area contributed by atoms with Gasteiger partial charge in [-0.15, -0.1) is 0 Å². The third-order valence-corrected chi connectivity index (χ3v) is 3.96. The van der Waals surface area contributed by atoms with Gasteiger partial charge in [-0.3, -0.25) is 0 Å². The fourth-order valence-corrected chi connectivity index (χ4v) is 2.73. The lowest BCUT2D eigenvalue weighted by Crippen LogP contribution is -2.33. The molecule has 5 heteroatoms. The van der Waals surface area contributed by atoms with Crippen LogP contribution in [0, 0.1) is 5.92 Å². The van der Waals surface area contributed by atoms with Crippen LogP contribution in [-0.2, 0) is 6.18 Å². The standard InChI is InChI=1S/C17H16F3N2/c18-17(19,20)15-6-4-13(5-7-15)14-8-11-22(12-9-14)16-3-1-2-10-21-16/h1-7,10H,8-9,11-12H2. The number of anilines is 1. The molecule has 1 radical (unpaired) electrons. The number of pyridine rings is 1. The molecule has 0 aliphatic carbocycles. The summed E-state index contributed by atoms with van der Waals surface area (Å²) in [4.78, 5) is 6.53. The maximum absolute atomic E-state index is 12.6. The Morgan fingerprint density at radius 3 is 2.14 bits per heavy atom. The highest BCUT2D eigenvalue weighted by Gasteiger charge is 2.30. The zero-order chi connectivity index (χ0) is 15.6. The van der Waals surface area contributed by atoms with Gasteiger partial charge in [-0.25, -0.2) is 4.98 Å². The van der Waals surface area contributed by atoms with Crippen molar-refractivity contribution in [2.24, 2.45) is 0 Å². The fraction of sp³-hybridized carbons (Fsp3) is 0.294. The number of halogens is 3. The first-order valence-electron chi connectivity index (χ1n) is 7.22. The predicted octanol–water partition coefficient (Wildman–Crippen LogP) is 4.32. The number of hydrogen-bond acceptors (Lipinski definition) is 2. The Bertz CT molecular complexity index is 600. The number of aromatic nitrogens is 1. The summed E-state index contributed by atoms with van der Waals surface area (Å²) in [6.45, 7) is 1.68. The molecule has 1 fully saturated rings. The summed E-state index contributed by atoms with van der Waals surface area (Å²) < 4.78 is 37.7. The van der Waals surface area contributed by atoms with Gasteiger partial charge in [-0.1, -0.05) is 18.2 Å². The van der Waals surface area contributed by atoms with Crippen LogP contribution in [0.3, 0.4) is 0 Å². The van der Waals surface area contributed by atoms with E-state index in [1.54, 1.807) is 18.3 Å². The van der Waals surface area contributed by atoms with Crippen molar-refractivity contribution in [1.29, 1.82) is 0 Å². The van der Waals surface area contributed by atoms with Crippen LogP contribution in [0.4, 0.5) is 19.0 Å². The summed E-state index contributed by atoms with van der Waals surface area (Å²) in [6, 6.07) is 11.3. The Balaban J connectivity index is 1.64. The Kier molecular flexibility index (Phi) is 4.05. The molecular weight excluding hydrogens is 289 g/mol. The van der Waals surface area contributed by atoms with Gasteiger partial charge in [-0.05, 0) is 42.7 Å². The normalized spacial score (nSPS) is 16.8. The van der Waals surface area contributed by atoms with Crippen molar-refractivity contribution in [2.45, 2.75) is 19.0 Å². The molecule has 22 heavy (non-hydrogen) atoms. The van der Waals surface area contributed by atoms with Crippen molar-refractivity contribution in [2.75, 3.05) is 18.0 Å². The molecule has 0 atom stereocenters. The van der Waals surface area contributed by atoms with Crippen molar-refractivity contribution in [3.63, 3.8) is 0 Å². The van der Waals surface area contributed by atoms with E-state index in [2.05, 4.69) is 9.88 Å². The molecule has 1 aromatic carbocycles. The second-order valence-electron chi connectivity index (χ2n) is 5.35. The molecule has 1 aromatic heterocycles. The highest BCUT2D eigenvalue weighted by Crippen LogP contribution is 2.33. The Labute approximate surface area is 127 Å². The van der Waals surface area contributed by atoms with E-state index >= 15 is 0 Å². The summed E-state index contributed by atoms with van der Waals surface area (Å²) in [6.07, 6.45) is -0.806. The minimum atomic E-state index is -4.27. The molecule has 3 rings (SSSR count). The topological polar surface area (TPSA) is 16.1 Å². The molecule has 115 valence electrons. The monoisotopic (exact) mass is 305 g/mol. The number of rotatable bonds is 2. The van der Waals surface area contributed by atoms with Crippen molar-refractivity contribution < 1.29 is 13.2 Å². The molecule has 0 amide bonds. The molecular formula is C17H16F3N2. The highest BCUT2D eigenvalue weighted by molar-refractivity contribution is 5.42. The number of alkyl halides is 3. The highest BCUT2D eigenvalue weighted by atomic mass is 19.4. The van der Waals surface area contributed by atoms with Crippen molar-refractivity contribution in [3.8, 4) is 0 Å². The minimum absolute atomic E-state index is 0.595. The molecule has 1 aliphatic rings. The van der Waals surface area contributed by atoms with Gasteiger partial charge >= 0.3 is 6.18 Å². The van der Waals surface area contributed by atoms with E-state index in [0.717, 1.165) is 49.4 Å². The third kappa shape index (κ3) is 3.24. The molecule has 1 aliphatic heterocycles. The fourth-order valence-electron chi connectivity index (χ4n) is 2.73. The Morgan fingerprint density at radius 2 is 1.59 bits per heavy atom. The van der Waals surface area contributed by atoms with E-state index < -0.39 is 11.7 Å². The largest absolute Gasteiger partial charge is 0.416 e. The molecule has 0 saturated carbocycles. The quantitative estimate of drug-likeness (QED) is 0.821. The van der Waals surface area contributed by atoms with Gasteiger partial charge in [0.15, 0.2) is 0 Å². The van der Waals surface area contributed by atoms with Gasteiger partial charge in [0.2, 0.25) is 0 Å². The Hall–Kier alpha value is -2.04. The molecule has 2 aromatic rings. The molecule has 2 heterocycles. The van der Waals surface area contributed by atoms with Gasteiger partial charge in [-0.2, -0.15) is 13.2 Å². The second-order valence-corrected chi connectivity index (χ2v) is 5.35. The lowest BCUT2D eigenvalue weighted by Gasteiger charge is -2.32. The van der Waals surface area contributed by atoms with Crippen LogP contribution in [0.5, 0.6) is 0 Å². The maximum atomic E-state index is 12.6. The van der Waals surface area contributed by atoms with E-state index in [0.29, 0.717) is 0 Å². The average molecular weight is 305 g/mol. The second kappa shape index (κ2) is 5.99. The molecule has 0 bridgehead atoms.